The van der Waals surface area contributed by atoms with Gasteiger partial charge in [-0.2, -0.15) is 0 Å². The summed E-state index contributed by atoms with van der Waals surface area (Å²) in [5.74, 6) is 0. The highest BCUT2D eigenvalue weighted by atomic mass is 32.2. The molecule has 26 heavy (non-hydrogen) atoms. The smallest absolute Gasteiger partial charge is 0.216 e. The van der Waals surface area contributed by atoms with Crippen molar-refractivity contribution in [3.05, 3.63) is 24.8 Å². The number of hydrogen-bond acceptors (Lipinski definition) is 4. The summed E-state index contributed by atoms with van der Waals surface area (Å²) in [6.45, 7) is 0. The predicted octanol–water partition coefficient (Wildman–Crippen LogP) is 2.82. The lowest BCUT2D eigenvalue weighted by molar-refractivity contribution is 0.239. The average molecular weight is 373 g/mol. The molecule has 2 aliphatic rings. The Bertz CT molecular complexity index is 1060. The lowest BCUT2D eigenvalue weighted by Crippen LogP contribution is -2.41. The number of rotatable bonds is 4. The molecule has 0 aromatic carbocycles. The highest BCUT2D eigenvalue weighted by Crippen LogP contribution is 2.37. The monoisotopic (exact) mass is 373 g/mol. The number of H-pyrrole nitrogens is 1. The Morgan fingerprint density at radius 1 is 1.15 bits per heavy atom. The van der Waals surface area contributed by atoms with Crippen molar-refractivity contribution in [2.75, 3.05) is 7.05 Å². The third-order valence-electron chi connectivity index (χ3n) is 6.04. The standard InChI is InChI=1S/C18H23N5O2S/c1-22(26(24,25)14-6-7-14)12-2-4-13(5-3-12)23-11-21-16-10-20-18-15(17(16)23)8-9-19-18/h8-14H,2-7H2,1H3,(H,19,20). The quantitative estimate of drug-likeness (QED) is 0.762. The van der Waals surface area contributed by atoms with Crippen LogP contribution in [-0.4, -0.2) is 50.6 Å². The van der Waals surface area contributed by atoms with Gasteiger partial charge in [0.1, 0.15) is 11.2 Å². The molecule has 0 amide bonds. The lowest BCUT2D eigenvalue weighted by Gasteiger charge is -2.34. The fraction of sp³-hybridized carbons (Fsp3) is 0.556. The van der Waals surface area contributed by atoms with E-state index in [-0.39, 0.29) is 11.3 Å². The third-order valence-corrected chi connectivity index (χ3v) is 8.45. The van der Waals surface area contributed by atoms with Crippen LogP contribution in [0.15, 0.2) is 24.8 Å². The minimum atomic E-state index is -3.09. The third kappa shape index (κ3) is 2.46. The van der Waals surface area contributed by atoms with Crippen LogP contribution < -0.4 is 0 Å². The van der Waals surface area contributed by atoms with E-state index < -0.39 is 10.0 Å². The minimum absolute atomic E-state index is 0.126. The summed E-state index contributed by atoms with van der Waals surface area (Å²) >= 11 is 0. The van der Waals surface area contributed by atoms with E-state index in [0.29, 0.717) is 6.04 Å². The Kier molecular flexibility index (Phi) is 3.62. The second-order valence-corrected chi connectivity index (χ2v) is 9.88. The minimum Gasteiger partial charge on any atom is -0.346 e. The summed E-state index contributed by atoms with van der Waals surface area (Å²) in [7, 11) is -1.33. The van der Waals surface area contributed by atoms with Crippen LogP contribution in [0.3, 0.4) is 0 Å². The first-order valence-electron chi connectivity index (χ1n) is 9.31. The van der Waals surface area contributed by atoms with Crippen molar-refractivity contribution in [3.63, 3.8) is 0 Å². The number of aromatic nitrogens is 4. The zero-order chi connectivity index (χ0) is 17.9. The maximum Gasteiger partial charge on any atom is 0.216 e. The first kappa shape index (κ1) is 16.3. The number of pyridine rings is 1. The van der Waals surface area contributed by atoms with Gasteiger partial charge in [-0.25, -0.2) is 22.7 Å². The first-order valence-corrected chi connectivity index (χ1v) is 10.8. The molecule has 3 aromatic heterocycles. The van der Waals surface area contributed by atoms with Crippen molar-refractivity contribution in [2.24, 2.45) is 0 Å². The van der Waals surface area contributed by atoms with Gasteiger partial charge in [-0.15, -0.1) is 0 Å². The van der Waals surface area contributed by atoms with Crippen LogP contribution in [0.25, 0.3) is 22.1 Å². The van der Waals surface area contributed by atoms with Crippen LogP contribution in [0.4, 0.5) is 0 Å². The van der Waals surface area contributed by atoms with E-state index in [1.54, 1.807) is 11.4 Å². The summed E-state index contributed by atoms with van der Waals surface area (Å²) in [6.07, 6.45) is 11.0. The van der Waals surface area contributed by atoms with Gasteiger partial charge >= 0.3 is 0 Å². The van der Waals surface area contributed by atoms with Gasteiger partial charge in [0.25, 0.3) is 0 Å². The first-order chi connectivity index (χ1) is 12.6. The number of imidazole rings is 1. The van der Waals surface area contributed by atoms with Crippen molar-refractivity contribution in [3.8, 4) is 0 Å². The topological polar surface area (TPSA) is 83.9 Å². The molecule has 3 aromatic rings. The van der Waals surface area contributed by atoms with E-state index in [4.69, 9.17) is 0 Å². The van der Waals surface area contributed by atoms with Crippen molar-refractivity contribution in [1.82, 2.24) is 23.8 Å². The molecule has 8 heteroatoms. The Morgan fingerprint density at radius 3 is 2.65 bits per heavy atom. The van der Waals surface area contributed by atoms with Crippen LogP contribution in [-0.2, 0) is 10.0 Å². The van der Waals surface area contributed by atoms with Crippen LogP contribution in [0.2, 0.25) is 0 Å². The van der Waals surface area contributed by atoms with Gasteiger partial charge < -0.3 is 9.55 Å². The van der Waals surface area contributed by atoms with Crippen LogP contribution in [0.5, 0.6) is 0 Å². The molecule has 5 rings (SSSR count). The lowest BCUT2D eigenvalue weighted by atomic mass is 9.91. The molecule has 0 radical (unpaired) electrons. The van der Waals surface area contributed by atoms with Crippen molar-refractivity contribution in [1.29, 1.82) is 0 Å². The molecular weight excluding hydrogens is 350 g/mol. The summed E-state index contributed by atoms with van der Waals surface area (Å²) in [6, 6.07) is 2.53. The number of aromatic amines is 1. The van der Waals surface area contributed by atoms with Gasteiger partial charge in [0.15, 0.2) is 0 Å². The molecule has 0 unspecified atom stereocenters. The number of nitrogens with one attached hydrogen (secondary N) is 1. The van der Waals surface area contributed by atoms with E-state index >= 15 is 0 Å². The van der Waals surface area contributed by atoms with Crippen LogP contribution >= 0.6 is 0 Å². The molecule has 2 aliphatic carbocycles. The molecule has 0 spiro atoms. The number of hydrogen-bond donors (Lipinski definition) is 1. The predicted molar refractivity (Wildman–Crippen MR) is 100 cm³/mol. The molecule has 1 N–H and O–H groups in total. The van der Waals surface area contributed by atoms with Gasteiger partial charge in [0.2, 0.25) is 10.0 Å². The van der Waals surface area contributed by atoms with E-state index in [1.807, 2.05) is 24.8 Å². The molecule has 0 saturated heterocycles. The summed E-state index contributed by atoms with van der Waals surface area (Å²) in [5, 5.41) is 0.966. The molecule has 0 bridgehead atoms. The molecular formula is C18H23N5O2S. The largest absolute Gasteiger partial charge is 0.346 e. The van der Waals surface area contributed by atoms with Gasteiger partial charge in [-0.3, -0.25) is 0 Å². The Hall–Kier alpha value is -1.93. The Labute approximate surface area is 152 Å². The van der Waals surface area contributed by atoms with E-state index in [0.717, 1.165) is 60.6 Å². The fourth-order valence-electron chi connectivity index (χ4n) is 4.32. The normalized spacial score (nSPS) is 24.7. The number of nitrogens with zero attached hydrogens (tertiary/aromatic N) is 4. The van der Waals surface area contributed by atoms with Gasteiger partial charge in [-0.05, 0) is 44.6 Å². The highest BCUT2D eigenvalue weighted by Gasteiger charge is 2.41. The van der Waals surface area contributed by atoms with Crippen LogP contribution in [0, 0.1) is 0 Å². The van der Waals surface area contributed by atoms with Crippen molar-refractivity contribution >= 4 is 32.1 Å². The molecule has 0 atom stereocenters. The zero-order valence-electron chi connectivity index (χ0n) is 14.8. The zero-order valence-corrected chi connectivity index (χ0v) is 15.6. The van der Waals surface area contributed by atoms with Crippen molar-refractivity contribution in [2.45, 2.75) is 55.9 Å². The van der Waals surface area contributed by atoms with Gasteiger partial charge in [-0.1, -0.05) is 0 Å². The average Bonchev–Trinajstić information content (AvgIpc) is 3.26. The number of sulfonamides is 1. The Morgan fingerprint density at radius 2 is 1.92 bits per heavy atom. The highest BCUT2D eigenvalue weighted by molar-refractivity contribution is 7.90. The maximum absolute atomic E-state index is 12.5. The van der Waals surface area contributed by atoms with E-state index in [2.05, 4.69) is 19.5 Å². The van der Waals surface area contributed by atoms with Gasteiger partial charge in [0.05, 0.1) is 23.3 Å². The summed E-state index contributed by atoms with van der Waals surface area (Å²) in [4.78, 5) is 12.1. The SMILES string of the molecule is CN(C1CCC(n2cnc3cnc4[nH]ccc4c32)CC1)S(=O)(=O)C1CC1. The molecule has 2 saturated carbocycles. The van der Waals surface area contributed by atoms with Crippen molar-refractivity contribution < 1.29 is 8.42 Å². The Balaban J connectivity index is 1.39. The molecule has 2 fully saturated rings. The van der Waals surface area contributed by atoms with E-state index in [9.17, 15) is 8.42 Å². The summed E-state index contributed by atoms with van der Waals surface area (Å²) in [5.41, 5.74) is 2.91. The number of fused-ring (bicyclic) bond motifs is 3. The molecule has 7 nitrogen and oxygen atoms in total. The second-order valence-electron chi connectivity index (χ2n) is 7.61. The maximum atomic E-state index is 12.5. The van der Waals surface area contributed by atoms with Crippen LogP contribution in [0.1, 0.15) is 44.6 Å². The van der Waals surface area contributed by atoms with E-state index in [1.165, 1.54) is 0 Å². The molecule has 3 heterocycles. The molecule has 0 aliphatic heterocycles. The fourth-order valence-corrected chi connectivity index (χ4v) is 6.15. The van der Waals surface area contributed by atoms with Gasteiger partial charge in [0, 0.05) is 30.7 Å². The summed E-state index contributed by atoms with van der Waals surface area (Å²) < 4.78 is 28.9. The molecule has 138 valence electrons. The second kappa shape index (κ2) is 5.79.